The number of nitrogens with zero attached hydrogens (tertiary/aromatic N) is 2. The number of anilines is 1. The largest absolute Gasteiger partial charge is 0.497 e. The van der Waals surface area contributed by atoms with E-state index in [1.807, 2.05) is 40.5 Å². The average Bonchev–Trinajstić information content (AvgIpc) is 3.54. The molecule has 0 fully saturated rings. The lowest BCUT2D eigenvalue weighted by atomic mass is 9.95. The van der Waals surface area contributed by atoms with E-state index >= 15 is 0 Å². The van der Waals surface area contributed by atoms with Gasteiger partial charge >= 0.3 is 6.03 Å². The summed E-state index contributed by atoms with van der Waals surface area (Å²) in [6.07, 6.45) is 6.69. The van der Waals surface area contributed by atoms with Crippen LogP contribution in [0.4, 0.5) is 10.5 Å². The minimum absolute atomic E-state index is 0.208. The summed E-state index contributed by atoms with van der Waals surface area (Å²) in [5.74, 6) is 1.97. The number of hydrogen-bond donors (Lipinski definition) is 1. The zero-order valence-electron chi connectivity index (χ0n) is 21.8. The maximum atomic E-state index is 14.2. The molecule has 2 amide bonds. The molecule has 38 heavy (non-hydrogen) atoms. The third-order valence-corrected chi connectivity index (χ3v) is 8.83. The van der Waals surface area contributed by atoms with E-state index in [4.69, 9.17) is 14.2 Å². The molecule has 1 N–H and O–H groups in total. The molecule has 0 unspecified atom stereocenters. The molecule has 3 heterocycles. The van der Waals surface area contributed by atoms with Gasteiger partial charge in [-0.15, -0.1) is 11.3 Å². The maximum Gasteiger partial charge on any atom is 0.323 e. The van der Waals surface area contributed by atoms with Gasteiger partial charge in [-0.2, -0.15) is 0 Å². The van der Waals surface area contributed by atoms with Crippen LogP contribution >= 0.6 is 11.3 Å². The van der Waals surface area contributed by atoms with Crippen molar-refractivity contribution in [3.8, 4) is 22.2 Å². The number of amides is 2. The van der Waals surface area contributed by atoms with Crippen molar-refractivity contribution in [2.45, 2.75) is 38.3 Å². The SMILES string of the molecule is COc1cccc([C@H]2c3cccn3-c3sc4c(c3CN2C(=O)Nc2cc(OC)ccc2OC)CCCC4)c1. The normalized spacial score (nSPS) is 16.1. The van der Waals surface area contributed by atoms with E-state index in [9.17, 15) is 4.79 Å². The first-order chi connectivity index (χ1) is 18.6. The van der Waals surface area contributed by atoms with Crippen LogP contribution in [0.3, 0.4) is 0 Å². The van der Waals surface area contributed by atoms with Gasteiger partial charge in [0.15, 0.2) is 0 Å². The van der Waals surface area contributed by atoms with Crippen LogP contribution < -0.4 is 19.5 Å². The monoisotopic (exact) mass is 529 g/mol. The predicted octanol–water partition coefficient (Wildman–Crippen LogP) is 6.58. The third kappa shape index (κ3) is 4.19. The molecule has 7 nitrogen and oxygen atoms in total. The number of carbonyl (C=O) groups is 1. The Morgan fingerprint density at radius 1 is 0.921 bits per heavy atom. The summed E-state index contributed by atoms with van der Waals surface area (Å²) < 4.78 is 18.8. The van der Waals surface area contributed by atoms with Gasteiger partial charge in [0.05, 0.1) is 45.3 Å². The topological polar surface area (TPSA) is 65.0 Å². The van der Waals surface area contributed by atoms with Gasteiger partial charge in [-0.1, -0.05) is 12.1 Å². The summed E-state index contributed by atoms with van der Waals surface area (Å²) in [4.78, 5) is 17.6. The van der Waals surface area contributed by atoms with Crippen molar-refractivity contribution >= 4 is 23.1 Å². The van der Waals surface area contributed by atoms with Crippen LogP contribution in [0.15, 0.2) is 60.8 Å². The average molecular weight is 530 g/mol. The van der Waals surface area contributed by atoms with Crippen molar-refractivity contribution in [1.29, 1.82) is 0 Å². The number of fused-ring (bicyclic) bond motifs is 5. The van der Waals surface area contributed by atoms with E-state index in [2.05, 4.69) is 34.3 Å². The molecule has 0 saturated heterocycles. The van der Waals surface area contributed by atoms with Crippen LogP contribution in [0.2, 0.25) is 0 Å². The molecule has 0 bridgehead atoms. The Bertz CT molecular complexity index is 1490. The summed E-state index contributed by atoms with van der Waals surface area (Å²) in [5.41, 5.74) is 5.26. The summed E-state index contributed by atoms with van der Waals surface area (Å²) in [6, 6.07) is 17.0. The second-order valence-electron chi connectivity index (χ2n) is 9.60. The molecule has 6 rings (SSSR count). The first-order valence-corrected chi connectivity index (χ1v) is 13.7. The summed E-state index contributed by atoms with van der Waals surface area (Å²) in [6.45, 7) is 0.503. The highest BCUT2D eigenvalue weighted by molar-refractivity contribution is 7.15. The number of hydrogen-bond acceptors (Lipinski definition) is 5. The Labute approximate surface area is 226 Å². The van der Waals surface area contributed by atoms with Gasteiger partial charge in [-0.25, -0.2) is 4.79 Å². The third-order valence-electron chi connectivity index (χ3n) is 7.50. The van der Waals surface area contributed by atoms with Crippen LogP contribution in [0.5, 0.6) is 17.2 Å². The number of ether oxygens (including phenoxy) is 3. The van der Waals surface area contributed by atoms with E-state index < -0.39 is 0 Å². The number of methoxy groups -OCH3 is 3. The minimum atomic E-state index is -0.324. The molecule has 2 aliphatic rings. The van der Waals surface area contributed by atoms with Crippen LogP contribution in [-0.4, -0.2) is 36.8 Å². The predicted molar refractivity (Wildman–Crippen MR) is 149 cm³/mol. The number of aryl methyl sites for hydroxylation is 1. The molecule has 2 aromatic carbocycles. The second kappa shape index (κ2) is 10.1. The molecule has 1 aliphatic heterocycles. The maximum absolute atomic E-state index is 14.2. The number of rotatable bonds is 5. The number of nitrogens with one attached hydrogen (secondary N) is 1. The number of carbonyl (C=O) groups excluding carboxylic acids is 1. The minimum Gasteiger partial charge on any atom is -0.497 e. The van der Waals surface area contributed by atoms with E-state index in [0.29, 0.717) is 23.7 Å². The number of aromatic nitrogens is 1. The first-order valence-electron chi connectivity index (χ1n) is 12.9. The molecule has 0 radical (unpaired) electrons. The van der Waals surface area contributed by atoms with E-state index in [1.165, 1.54) is 33.8 Å². The first kappa shape index (κ1) is 24.4. The Morgan fingerprint density at radius 3 is 2.55 bits per heavy atom. The Morgan fingerprint density at radius 2 is 1.74 bits per heavy atom. The van der Waals surface area contributed by atoms with Crippen molar-refractivity contribution in [3.63, 3.8) is 0 Å². The zero-order valence-corrected chi connectivity index (χ0v) is 22.6. The highest BCUT2D eigenvalue weighted by Gasteiger charge is 2.36. The molecule has 1 aliphatic carbocycles. The zero-order chi connectivity index (χ0) is 26.2. The molecule has 2 aromatic heterocycles. The van der Waals surface area contributed by atoms with Crippen molar-refractivity contribution < 1.29 is 19.0 Å². The summed E-state index contributed by atoms with van der Waals surface area (Å²) >= 11 is 1.88. The second-order valence-corrected chi connectivity index (χ2v) is 10.7. The fourth-order valence-corrected chi connectivity index (χ4v) is 7.05. The van der Waals surface area contributed by atoms with Gasteiger partial charge in [0, 0.05) is 22.7 Å². The van der Waals surface area contributed by atoms with Crippen molar-refractivity contribution in [3.05, 3.63) is 88.1 Å². The van der Waals surface area contributed by atoms with Gasteiger partial charge in [0.25, 0.3) is 0 Å². The Balaban J connectivity index is 1.49. The lowest BCUT2D eigenvalue weighted by Crippen LogP contribution is -2.38. The molecule has 0 saturated carbocycles. The Kier molecular flexibility index (Phi) is 6.49. The molecular formula is C30H31N3O4S. The summed E-state index contributed by atoms with van der Waals surface area (Å²) in [5, 5.41) is 4.35. The van der Waals surface area contributed by atoms with Crippen LogP contribution in [0.1, 0.15) is 46.1 Å². The Hall–Kier alpha value is -3.91. The fourth-order valence-electron chi connectivity index (χ4n) is 5.65. The highest BCUT2D eigenvalue weighted by Crippen LogP contribution is 2.44. The van der Waals surface area contributed by atoms with E-state index in [0.717, 1.165) is 29.8 Å². The molecule has 4 aromatic rings. The summed E-state index contributed by atoms with van der Waals surface area (Å²) in [7, 11) is 4.87. The van der Waals surface area contributed by atoms with Gasteiger partial charge in [-0.3, -0.25) is 0 Å². The smallest absolute Gasteiger partial charge is 0.323 e. The van der Waals surface area contributed by atoms with Gasteiger partial charge in [0.1, 0.15) is 22.2 Å². The van der Waals surface area contributed by atoms with Crippen molar-refractivity contribution in [1.82, 2.24) is 9.47 Å². The van der Waals surface area contributed by atoms with Crippen LogP contribution in [-0.2, 0) is 19.4 Å². The molecule has 196 valence electrons. The standard InChI is InChI=1S/C30H31N3O4S/c1-35-20-9-6-8-19(16-20)28-25-11-7-15-32(25)29-23(22-10-4-5-12-27(22)38-29)18-33(28)30(34)31-24-17-21(36-2)13-14-26(24)37-3/h6-9,11,13-17,28H,4-5,10,12,18H2,1-3H3,(H,31,34)/t28-/m0/s1. The highest BCUT2D eigenvalue weighted by atomic mass is 32.1. The van der Waals surface area contributed by atoms with Crippen molar-refractivity contribution in [2.24, 2.45) is 0 Å². The fraction of sp³-hybridized carbons (Fsp3) is 0.300. The lowest BCUT2D eigenvalue weighted by Gasteiger charge is -2.32. The molecule has 1 atom stereocenters. The number of thiophene rings is 1. The van der Waals surface area contributed by atoms with E-state index in [1.54, 1.807) is 33.5 Å². The number of benzene rings is 2. The molecule has 8 heteroatoms. The van der Waals surface area contributed by atoms with Crippen LogP contribution in [0, 0.1) is 0 Å². The van der Waals surface area contributed by atoms with Crippen LogP contribution in [0.25, 0.3) is 5.00 Å². The van der Waals surface area contributed by atoms with Crippen molar-refractivity contribution in [2.75, 3.05) is 26.6 Å². The van der Waals surface area contributed by atoms with Gasteiger partial charge in [0.2, 0.25) is 0 Å². The van der Waals surface area contributed by atoms with E-state index in [-0.39, 0.29) is 12.1 Å². The molecule has 0 spiro atoms. The van der Waals surface area contributed by atoms with Gasteiger partial charge < -0.3 is 29.0 Å². The van der Waals surface area contributed by atoms with Gasteiger partial charge in [-0.05, 0) is 73.2 Å². The lowest BCUT2D eigenvalue weighted by molar-refractivity contribution is 0.194. The quantitative estimate of drug-likeness (QED) is 0.317. The number of urea groups is 1. The molecular weight excluding hydrogens is 498 g/mol.